The second kappa shape index (κ2) is 23.0. The van der Waals surface area contributed by atoms with E-state index in [9.17, 15) is 0 Å². The number of rotatable bonds is 21. The van der Waals surface area contributed by atoms with Gasteiger partial charge in [0.15, 0.2) is 0 Å². The molecule has 0 spiro atoms. The van der Waals surface area contributed by atoms with Gasteiger partial charge in [-0.05, 0) is 264 Å². The predicted molar refractivity (Wildman–Crippen MR) is 280 cm³/mol. The lowest BCUT2D eigenvalue weighted by atomic mass is 9.78. The van der Waals surface area contributed by atoms with Crippen LogP contribution in [0.3, 0.4) is 0 Å². The highest BCUT2D eigenvalue weighted by atomic mass is 79.9. The van der Waals surface area contributed by atoms with Gasteiger partial charge in [-0.1, -0.05) is 39.8 Å². The van der Waals surface area contributed by atoms with E-state index in [1.54, 1.807) is 0 Å². The molecule has 0 aromatic heterocycles. The fourth-order valence-electron chi connectivity index (χ4n) is 6.68. The van der Waals surface area contributed by atoms with Crippen LogP contribution < -0.4 is 18.9 Å². The predicted octanol–water partition coefficient (Wildman–Crippen LogP) is 18.9. The summed E-state index contributed by atoms with van der Waals surface area (Å²) in [5, 5.41) is 0. The van der Waals surface area contributed by atoms with Crippen LogP contribution in [0.2, 0.25) is 0 Å². The zero-order valence-electron chi connectivity index (χ0n) is 35.4. The number of hydrogen-bond acceptors (Lipinski definition) is 4. The van der Waals surface area contributed by atoms with Gasteiger partial charge in [0.2, 0.25) is 0 Å². The molecule has 4 aromatic rings. The van der Waals surface area contributed by atoms with Crippen LogP contribution in [0.15, 0.2) is 110 Å². The van der Waals surface area contributed by atoms with E-state index in [0.717, 1.165) is 120 Å². The maximum absolute atomic E-state index is 6.55. The molecule has 0 N–H and O–H groups in total. The van der Waals surface area contributed by atoms with E-state index in [2.05, 4.69) is 245 Å². The molecule has 0 heterocycles. The lowest BCUT2D eigenvalue weighted by Crippen LogP contribution is -2.21. The van der Waals surface area contributed by atoms with E-state index < -0.39 is 0 Å². The summed E-state index contributed by atoms with van der Waals surface area (Å²) in [5.41, 5.74) is 3.90. The maximum Gasteiger partial charge on any atom is 0.148 e. The van der Waals surface area contributed by atoms with Crippen molar-refractivity contribution in [3.05, 3.63) is 132 Å². The van der Waals surface area contributed by atoms with Crippen LogP contribution in [0.25, 0.3) is 0 Å². The summed E-state index contributed by atoms with van der Waals surface area (Å²) in [6.45, 7) is 24.9. The molecule has 0 aliphatic rings. The van der Waals surface area contributed by atoms with Crippen molar-refractivity contribution in [2.75, 3.05) is 0 Å². The van der Waals surface area contributed by atoms with Gasteiger partial charge in [-0.2, -0.15) is 0 Å². The van der Waals surface area contributed by atoms with Crippen LogP contribution in [0.1, 0.15) is 116 Å². The summed E-state index contributed by atoms with van der Waals surface area (Å²) in [6.07, 6.45) is 9.08. The summed E-state index contributed by atoms with van der Waals surface area (Å²) < 4.78 is 32.8. The minimum Gasteiger partial charge on any atom is -0.488 e. The lowest BCUT2D eigenvalue weighted by molar-refractivity contribution is 0.158. The van der Waals surface area contributed by atoms with E-state index in [0.29, 0.717) is 0 Å². The first kappa shape index (κ1) is 52.0. The van der Waals surface area contributed by atoms with Gasteiger partial charge >= 0.3 is 0 Å². The van der Waals surface area contributed by atoms with Gasteiger partial charge in [-0.15, -0.1) is 13.2 Å². The smallest absolute Gasteiger partial charge is 0.148 e. The average molecular weight is 1330 g/mol. The van der Waals surface area contributed by atoms with Gasteiger partial charge in [-0.3, -0.25) is 0 Å². The molecule has 0 amide bonds. The molecule has 4 aromatic carbocycles. The third-order valence-electron chi connectivity index (χ3n) is 10.7. The fourth-order valence-corrected chi connectivity index (χ4v) is 12.2. The van der Waals surface area contributed by atoms with Crippen molar-refractivity contribution in [3.8, 4) is 23.0 Å². The lowest BCUT2D eigenvalue weighted by Gasteiger charge is -2.29. The Labute approximate surface area is 425 Å². The SMILES string of the molecule is C=CCCC(C)Oc1c(Br)cc(C(C)(C)c2cc(Br)c(OC(C)CCC(C)Oc3c(Br)cc(C(C)(C)c4cc(Br)c(OC(C)CCC=C)c(Br)c4)cc3Br)c(Br)c2)cc1Br. The van der Waals surface area contributed by atoms with Crippen LogP contribution in [-0.4, -0.2) is 24.4 Å². The molecule has 0 saturated heterocycles. The van der Waals surface area contributed by atoms with Gasteiger partial charge in [-0.25, -0.2) is 0 Å². The van der Waals surface area contributed by atoms with Crippen molar-refractivity contribution in [3.63, 3.8) is 0 Å². The molecular formula is C48H54Br8O4. The fraction of sp³-hybridized carbons (Fsp3) is 0.417. The van der Waals surface area contributed by atoms with Crippen LogP contribution >= 0.6 is 127 Å². The summed E-state index contributed by atoms with van der Waals surface area (Å²) in [6, 6.07) is 17.2. The molecule has 4 rings (SSSR count). The third kappa shape index (κ3) is 13.5. The third-order valence-corrected chi connectivity index (χ3v) is 15.4. The van der Waals surface area contributed by atoms with Gasteiger partial charge in [0.1, 0.15) is 23.0 Å². The zero-order valence-corrected chi connectivity index (χ0v) is 48.1. The number of hydrogen-bond donors (Lipinski definition) is 0. The Morgan fingerprint density at radius 1 is 0.400 bits per heavy atom. The second-order valence-corrected chi connectivity index (χ2v) is 23.2. The van der Waals surface area contributed by atoms with Crippen molar-refractivity contribution in [1.29, 1.82) is 0 Å². The molecule has 4 atom stereocenters. The first-order chi connectivity index (χ1) is 28.1. The number of halogens is 8. The molecule has 326 valence electrons. The normalized spacial score (nSPS) is 13.9. The molecule has 4 unspecified atom stereocenters. The van der Waals surface area contributed by atoms with Crippen LogP contribution in [0.5, 0.6) is 23.0 Å². The molecular weight excluding hydrogens is 1280 g/mol. The molecule has 60 heavy (non-hydrogen) atoms. The van der Waals surface area contributed by atoms with Gasteiger partial charge < -0.3 is 18.9 Å². The molecule has 4 nitrogen and oxygen atoms in total. The van der Waals surface area contributed by atoms with Crippen LogP contribution in [0.4, 0.5) is 0 Å². The Hall–Kier alpha value is -0.600. The Kier molecular flexibility index (Phi) is 20.0. The average Bonchev–Trinajstić information content (AvgIpc) is 3.17. The van der Waals surface area contributed by atoms with Gasteiger partial charge in [0.25, 0.3) is 0 Å². The molecule has 0 aliphatic heterocycles. The van der Waals surface area contributed by atoms with E-state index in [-0.39, 0.29) is 35.2 Å². The Balaban J connectivity index is 1.41. The monoisotopic (exact) mass is 1330 g/mol. The van der Waals surface area contributed by atoms with Crippen molar-refractivity contribution in [1.82, 2.24) is 0 Å². The molecule has 0 saturated carbocycles. The topological polar surface area (TPSA) is 36.9 Å². The highest BCUT2D eigenvalue weighted by Gasteiger charge is 2.30. The molecule has 0 radical (unpaired) electrons. The Morgan fingerprint density at radius 3 is 0.767 bits per heavy atom. The first-order valence-electron chi connectivity index (χ1n) is 20.0. The van der Waals surface area contributed by atoms with Gasteiger partial charge in [0.05, 0.1) is 60.2 Å². The highest BCUT2D eigenvalue weighted by molar-refractivity contribution is 9.12. The quantitative estimate of drug-likeness (QED) is 0.0779. The number of allylic oxidation sites excluding steroid dienone is 2. The minimum absolute atomic E-state index is 0.0586. The second-order valence-electron chi connectivity index (χ2n) is 16.3. The largest absolute Gasteiger partial charge is 0.488 e. The summed E-state index contributed by atoms with van der Waals surface area (Å²) in [4.78, 5) is 0. The first-order valence-corrected chi connectivity index (χ1v) is 26.3. The summed E-state index contributed by atoms with van der Waals surface area (Å²) >= 11 is 30.4. The highest BCUT2D eigenvalue weighted by Crippen LogP contribution is 2.47. The van der Waals surface area contributed by atoms with Crippen molar-refractivity contribution < 1.29 is 18.9 Å². The minimum atomic E-state index is -0.324. The summed E-state index contributed by atoms with van der Waals surface area (Å²) in [7, 11) is 0. The van der Waals surface area contributed by atoms with Gasteiger partial charge in [0, 0.05) is 10.8 Å². The van der Waals surface area contributed by atoms with E-state index in [1.165, 1.54) is 0 Å². The maximum atomic E-state index is 6.55. The zero-order chi connectivity index (χ0) is 44.7. The van der Waals surface area contributed by atoms with Crippen LogP contribution in [-0.2, 0) is 10.8 Å². The van der Waals surface area contributed by atoms with E-state index in [4.69, 9.17) is 18.9 Å². The van der Waals surface area contributed by atoms with Crippen molar-refractivity contribution >= 4 is 127 Å². The molecule has 0 bridgehead atoms. The van der Waals surface area contributed by atoms with E-state index in [1.807, 2.05) is 12.2 Å². The molecule has 0 aliphatic carbocycles. The Morgan fingerprint density at radius 2 is 0.583 bits per heavy atom. The number of ether oxygens (including phenoxy) is 4. The van der Waals surface area contributed by atoms with Crippen molar-refractivity contribution in [2.24, 2.45) is 0 Å². The molecule has 12 heteroatoms. The molecule has 0 fully saturated rings. The van der Waals surface area contributed by atoms with Crippen molar-refractivity contribution in [2.45, 2.75) is 129 Å². The Bertz CT molecular complexity index is 1910. The van der Waals surface area contributed by atoms with E-state index >= 15 is 0 Å². The standard InChI is InChI=1S/C48H54Br8O4/c1-11-13-15-27(3)57-43-35(49)19-31(20-36(43)50)47(7,8)33-23-39(53)45(40(54)24-33)59-29(5)17-18-30(6)60-46-41(55)25-34(26-42(46)56)48(9,10)32-21-37(51)44(38(52)22-32)58-28(4)16-14-12-2/h11-12,19-30H,1-2,13-18H2,3-10H3. The summed E-state index contributed by atoms with van der Waals surface area (Å²) in [5.74, 6) is 3.16. The van der Waals surface area contributed by atoms with Crippen LogP contribution in [0, 0.1) is 0 Å². The number of benzene rings is 4.